The Labute approximate surface area is 128 Å². The number of hydrogen-bond donors (Lipinski definition) is 1. The maximum Gasteiger partial charge on any atom is 0.339 e. The topological polar surface area (TPSA) is 59.4 Å². The Hall–Kier alpha value is -2.07. The molecule has 4 nitrogen and oxygen atoms in total. The van der Waals surface area contributed by atoms with Gasteiger partial charge in [-0.05, 0) is 42.2 Å². The number of carboxylic acids is 1. The SMILES string of the molecule is Cc1cc(Cl)c(C(C)C)cc1Oc1cnccc1C(=O)O. The summed E-state index contributed by atoms with van der Waals surface area (Å²) in [5.41, 5.74) is 1.87. The first-order chi connectivity index (χ1) is 9.90. The summed E-state index contributed by atoms with van der Waals surface area (Å²) in [5, 5.41) is 9.85. The Bertz CT molecular complexity index is 683. The molecule has 110 valence electrons. The second-order valence-electron chi connectivity index (χ2n) is 5.07. The fraction of sp³-hybridized carbons (Fsp3) is 0.250. The Morgan fingerprint density at radius 3 is 2.67 bits per heavy atom. The van der Waals surface area contributed by atoms with Gasteiger partial charge in [0.05, 0.1) is 6.20 Å². The highest BCUT2D eigenvalue weighted by Gasteiger charge is 2.15. The first-order valence-electron chi connectivity index (χ1n) is 6.55. The number of hydrogen-bond acceptors (Lipinski definition) is 3. The molecule has 0 amide bonds. The minimum Gasteiger partial charge on any atom is -0.478 e. The van der Waals surface area contributed by atoms with Gasteiger partial charge in [-0.1, -0.05) is 25.4 Å². The molecule has 1 heterocycles. The number of pyridine rings is 1. The molecule has 0 unspecified atom stereocenters. The van der Waals surface area contributed by atoms with Crippen LogP contribution in [-0.4, -0.2) is 16.1 Å². The number of carboxylic acid groups (broad SMARTS) is 1. The van der Waals surface area contributed by atoms with Crippen molar-refractivity contribution in [2.24, 2.45) is 0 Å². The average Bonchev–Trinajstić information content (AvgIpc) is 2.41. The van der Waals surface area contributed by atoms with Crippen molar-refractivity contribution in [3.8, 4) is 11.5 Å². The lowest BCUT2D eigenvalue weighted by Crippen LogP contribution is -2.01. The number of aromatic carboxylic acids is 1. The number of aryl methyl sites for hydroxylation is 1. The molecule has 0 aliphatic heterocycles. The monoisotopic (exact) mass is 305 g/mol. The highest BCUT2D eigenvalue weighted by molar-refractivity contribution is 6.31. The van der Waals surface area contributed by atoms with Crippen molar-refractivity contribution in [2.75, 3.05) is 0 Å². The summed E-state index contributed by atoms with van der Waals surface area (Å²) >= 11 is 6.22. The van der Waals surface area contributed by atoms with Crippen molar-refractivity contribution in [3.05, 3.63) is 52.3 Å². The summed E-state index contributed by atoms with van der Waals surface area (Å²) in [5.74, 6) is -0.0138. The number of aromatic nitrogens is 1. The van der Waals surface area contributed by atoms with Crippen LogP contribution in [0.25, 0.3) is 0 Å². The highest BCUT2D eigenvalue weighted by Crippen LogP contribution is 2.34. The van der Waals surface area contributed by atoms with Crippen molar-refractivity contribution in [1.29, 1.82) is 0 Å². The summed E-state index contributed by atoms with van der Waals surface area (Å²) < 4.78 is 5.75. The first kappa shape index (κ1) is 15.3. The lowest BCUT2D eigenvalue weighted by atomic mass is 10.0. The molecule has 1 aromatic carbocycles. The van der Waals surface area contributed by atoms with Crippen LogP contribution in [0.1, 0.15) is 41.3 Å². The normalized spacial score (nSPS) is 10.7. The molecular weight excluding hydrogens is 290 g/mol. The number of carbonyl (C=O) groups is 1. The van der Waals surface area contributed by atoms with Crippen LogP contribution in [-0.2, 0) is 0 Å². The van der Waals surface area contributed by atoms with Gasteiger partial charge in [-0.25, -0.2) is 4.79 Å². The molecule has 21 heavy (non-hydrogen) atoms. The number of rotatable bonds is 4. The zero-order valence-corrected chi connectivity index (χ0v) is 12.8. The third kappa shape index (κ3) is 3.34. The predicted molar refractivity (Wildman–Crippen MR) is 81.5 cm³/mol. The number of benzene rings is 1. The molecule has 2 rings (SSSR count). The van der Waals surface area contributed by atoms with Crippen molar-refractivity contribution < 1.29 is 14.6 Å². The van der Waals surface area contributed by atoms with Crippen LogP contribution in [0.5, 0.6) is 11.5 Å². The van der Waals surface area contributed by atoms with Gasteiger partial charge in [-0.15, -0.1) is 0 Å². The molecular formula is C16H16ClNO3. The first-order valence-corrected chi connectivity index (χ1v) is 6.93. The quantitative estimate of drug-likeness (QED) is 0.892. The molecule has 0 fully saturated rings. The highest BCUT2D eigenvalue weighted by atomic mass is 35.5. The van der Waals surface area contributed by atoms with E-state index < -0.39 is 5.97 Å². The van der Waals surface area contributed by atoms with Gasteiger partial charge in [0.25, 0.3) is 0 Å². The van der Waals surface area contributed by atoms with Gasteiger partial charge in [0.15, 0.2) is 5.75 Å². The van der Waals surface area contributed by atoms with E-state index in [9.17, 15) is 9.90 Å². The minimum atomic E-state index is -1.05. The van der Waals surface area contributed by atoms with Gasteiger partial charge < -0.3 is 9.84 Å². The van der Waals surface area contributed by atoms with Crippen LogP contribution < -0.4 is 4.74 Å². The van der Waals surface area contributed by atoms with Gasteiger partial charge in [0.2, 0.25) is 0 Å². The summed E-state index contributed by atoms with van der Waals surface area (Å²) in [6.45, 7) is 5.93. The maximum absolute atomic E-state index is 11.2. The molecule has 0 aliphatic rings. The van der Waals surface area contributed by atoms with E-state index in [0.29, 0.717) is 10.8 Å². The Morgan fingerprint density at radius 2 is 2.05 bits per heavy atom. The van der Waals surface area contributed by atoms with E-state index in [-0.39, 0.29) is 17.2 Å². The molecule has 0 bridgehead atoms. The molecule has 0 aliphatic carbocycles. The van der Waals surface area contributed by atoms with E-state index in [0.717, 1.165) is 11.1 Å². The second kappa shape index (κ2) is 6.14. The fourth-order valence-corrected chi connectivity index (χ4v) is 2.41. The average molecular weight is 306 g/mol. The predicted octanol–water partition coefficient (Wildman–Crippen LogP) is 4.66. The second-order valence-corrected chi connectivity index (χ2v) is 5.48. The number of nitrogens with zero attached hydrogens (tertiary/aromatic N) is 1. The zero-order chi connectivity index (χ0) is 15.6. The molecule has 0 saturated heterocycles. The van der Waals surface area contributed by atoms with Gasteiger partial charge in [-0.3, -0.25) is 4.98 Å². The minimum absolute atomic E-state index is 0.0745. The Balaban J connectivity index is 2.45. The number of ether oxygens (including phenoxy) is 1. The lowest BCUT2D eigenvalue weighted by Gasteiger charge is -2.15. The lowest BCUT2D eigenvalue weighted by molar-refractivity contribution is 0.0694. The third-order valence-corrected chi connectivity index (χ3v) is 3.48. The summed E-state index contributed by atoms with van der Waals surface area (Å²) in [4.78, 5) is 15.1. The van der Waals surface area contributed by atoms with Crippen LogP contribution in [0.2, 0.25) is 5.02 Å². The summed E-state index contributed by atoms with van der Waals surface area (Å²) in [7, 11) is 0. The van der Waals surface area contributed by atoms with Crippen LogP contribution in [0.15, 0.2) is 30.6 Å². The Kier molecular flexibility index (Phi) is 4.48. The Morgan fingerprint density at radius 1 is 1.33 bits per heavy atom. The third-order valence-electron chi connectivity index (χ3n) is 3.15. The molecule has 2 aromatic rings. The van der Waals surface area contributed by atoms with Crippen molar-refractivity contribution >= 4 is 17.6 Å². The van der Waals surface area contributed by atoms with Crippen LogP contribution in [0, 0.1) is 6.92 Å². The molecule has 0 atom stereocenters. The van der Waals surface area contributed by atoms with E-state index in [4.69, 9.17) is 16.3 Å². The molecule has 0 radical (unpaired) electrons. The molecule has 0 saturated carbocycles. The van der Waals surface area contributed by atoms with Crippen molar-refractivity contribution in [1.82, 2.24) is 4.98 Å². The molecule has 5 heteroatoms. The van der Waals surface area contributed by atoms with E-state index in [1.165, 1.54) is 18.5 Å². The zero-order valence-electron chi connectivity index (χ0n) is 12.1. The van der Waals surface area contributed by atoms with Crippen molar-refractivity contribution in [2.45, 2.75) is 26.7 Å². The molecule has 1 N–H and O–H groups in total. The molecule has 0 spiro atoms. The molecule has 1 aromatic heterocycles. The van der Waals surface area contributed by atoms with Gasteiger partial charge in [0, 0.05) is 11.2 Å². The standard InChI is InChI=1S/C16H16ClNO3/c1-9(2)12-7-14(10(3)6-13(12)17)21-15-8-18-5-4-11(15)16(19)20/h4-9H,1-3H3,(H,19,20). The largest absolute Gasteiger partial charge is 0.478 e. The smallest absolute Gasteiger partial charge is 0.339 e. The summed E-state index contributed by atoms with van der Waals surface area (Å²) in [6, 6.07) is 5.08. The van der Waals surface area contributed by atoms with E-state index in [1.54, 1.807) is 0 Å². The van der Waals surface area contributed by atoms with Crippen molar-refractivity contribution in [3.63, 3.8) is 0 Å². The number of halogens is 1. The van der Waals surface area contributed by atoms with Crippen LogP contribution >= 0.6 is 11.6 Å². The van der Waals surface area contributed by atoms with E-state index >= 15 is 0 Å². The van der Waals surface area contributed by atoms with Gasteiger partial charge in [0.1, 0.15) is 11.3 Å². The van der Waals surface area contributed by atoms with Crippen LogP contribution in [0.3, 0.4) is 0 Å². The van der Waals surface area contributed by atoms with Gasteiger partial charge in [-0.2, -0.15) is 0 Å². The summed E-state index contributed by atoms with van der Waals surface area (Å²) in [6.07, 6.45) is 2.82. The fourth-order valence-electron chi connectivity index (χ4n) is 1.98. The van der Waals surface area contributed by atoms with Crippen LogP contribution in [0.4, 0.5) is 0 Å². The van der Waals surface area contributed by atoms with E-state index in [2.05, 4.69) is 4.98 Å². The van der Waals surface area contributed by atoms with Gasteiger partial charge >= 0.3 is 5.97 Å². The maximum atomic E-state index is 11.2. The van der Waals surface area contributed by atoms with E-state index in [1.807, 2.05) is 32.9 Å².